The summed E-state index contributed by atoms with van der Waals surface area (Å²) in [5, 5.41) is 4.48. The quantitative estimate of drug-likeness (QED) is 0.265. The Hall–Kier alpha value is -3.36. The van der Waals surface area contributed by atoms with Gasteiger partial charge in [0.15, 0.2) is 0 Å². The monoisotopic (exact) mass is 520 g/mol. The summed E-state index contributed by atoms with van der Waals surface area (Å²) in [7, 11) is 0. The highest BCUT2D eigenvalue weighted by molar-refractivity contribution is 6.34. The maximum atomic E-state index is 14.2. The molecule has 1 unspecified atom stereocenters. The molecule has 2 heterocycles. The van der Waals surface area contributed by atoms with Gasteiger partial charge in [0.25, 0.3) is 11.5 Å². The first kappa shape index (κ1) is 23.4. The van der Waals surface area contributed by atoms with Crippen LogP contribution in [0.25, 0.3) is 10.9 Å². The fraction of sp³-hybridized carbons (Fsp3) is 0.120. The van der Waals surface area contributed by atoms with E-state index in [2.05, 4.69) is 5.16 Å². The standard InChI is InChI=1S/C25H14Cl2F4N2O2/c26-18-9-17(10-19(27)11-18)24(25(29,30)31)13-21(32-35-24)14-1-3-16(4-2-14)23(34)33-8-7-15-5-6-20(28)12-22(15)33/h1-12H,13H2. The number of carbonyl (C=O) groups excluding carboxylic acids is 1. The van der Waals surface area contributed by atoms with E-state index in [1.165, 1.54) is 53.2 Å². The summed E-state index contributed by atoms with van der Waals surface area (Å²) < 4.78 is 57.5. The molecule has 178 valence electrons. The van der Waals surface area contributed by atoms with Gasteiger partial charge < -0.3 is 4.84 Å². The lowest BCUT2D eigenvalue weighted by atomic mass is 9.86. The third-order valence-electron chi connectivity index (χ3n) is 5.85. The molecule has 3 aromatic carbocycles. The number of alkyl halides is 3. The number of nitrogens with zero attached hydrogens (tertiary/aromatic N) is 2. The molecule has 4 aromatic rings. The molecule has 1 aliphatic heterocycles. The van der Waals surface area contributed by atoms with E-state index in [4.69, 9.17) is 28.0 Å². The number of hydrogen-bond acceptors (Lipinski definition) is 3. The number of benzene rings is 3. The Morgan fingerprint density at radius 1 is 0.971 bits per heavy atom. The van der Waals surface area contributed by atoms with Crippen molar-refractivity contribution < 1.29 is 27.2 Å². The van der Waals surface area contributed by atoms with Crippen LogP contribution in [0.5, 0.6) is 0 Å². The van der Waals surface area contributed by atoms with Crippen molar-refractivity contribution in [3.05, 3.63) is 105 Å². The van der Waals surface area contributed by atoms with Gasteiger partial charge in [-0.25, -0.2) is 4.39 Å². The molecule has 1 aromatic heterocycles. The van der Waals surface area contributed by atoms with Crippen LogP contribution in [0, 0.1) is 5.82 Å². The Labute approximate surface area is 206 Å². The van der Waals surface area contributed by atoms with Gasteiger partial charge in [0.05, 0.1) is 11.2 Å². The van der Waals surface area contributed by atoms with Gasteiger partial charge in [-0.2, -0.15) is 13.2 Å². The van der Waals surface area contributed by atoms with Gasteiger partial charge in [0.1, 0.15) is 5.82 Å². The van der Waals surface area contributed by atoms with Gasteiger partial charge in [0, 0.05) is 39.2 Å². The normalized spacial score (nSPS) is 17.9. The molecule has 0 radical (unpaired) electrons. The number of halogens is 6. The van der Waals surface area contributed by atoms with E-state index in [-0.39, 0.29) is 26.9 Å². The Morgan fingerprint density at radius 2 is 1.66 bits per heavy atom. The zero-order valence-corrected chi connectivity index (χ0v) is 19.1. The van der Waals surface area contributed by atoms with Crippen molar-refractivity contribution in [2.45, 2.75) is 18.2 Å². The lowest BCUT2D eigenvalue weighted by molar-refractivity contribution is -0.275. The maximum absolute atomic E-state index is 14.2. The van der Waals surface area contributed by atoms with E-state index >= 15 is 0 Å². The molecule has 0 saturated heterocycles. The van der Waals surface area contributed by atoms with Crippen molar-refractivity contribution in [3.8, 4) is 0 Å². The predicted molar refractivity (Wildman–Crippen MR) is 125 cm³/mol. The van der Waals surface area contributed by atoms with E-state index in [0.717, 1.165) is 12.1 Å². The highest BCUT2D eigenvalue weighted by Gasteiger charge is 2.62. The molecule has 0 spiro atoms. The fourth-order valence-corrected chi connectivity index (χ4v) is 4.59. The van der Waals surface area contributed by atoms with Crippen LogP contribution >= 0.6 is 23.2 Å². The topological polar surface area (TPSA) is 43.6 Å². The van der Waals surface area contributed by atoms with E-state index < -0.39 is 29.9 Å². The molecular formula is C25H14Cl2F4N2O2. The van der Waals surface area contributed by atoms with Gasteiger partial charge in [-0.3, -0.25) is 9.36 Å². The van der Waals surface area contributed by atoms with Gasteiger partial charge in [-0.1, -0.05) is 40.5 Å². The number of oxime groups is 1. The second-order valence-electron chi connectivity index (χ2n) is 8.06. The van der Waals surface area contributed by atoms with Crippen molar-refractivity contribution in [1.29, 1.82) is 0 Å². The van der Waals surface area contributed by atoms with Crippen LogP contribution in [0.15, 0.2) is 78.1 Å². The first-order valence-electron chi connectivity index (χ1n) is 10.3. The van der Waals surface area contributed by atoms with Crippen LogP contribution in [0.3, 0.4) is 0 Å². The molecule has 0 saturated carbocycles. The summed E-state index contributed by atoms with van der Waals surface area (Å²) in [6.45, 7) is 0. The molecule has 0 aliphatic carbocycles. The third kappa shape index (κ3) is 4.06. The second kappa shape index (κ2) is 8.39. The molecule has 5 rings (SSSR count). The van der Waals surface area contributed by atoms with Crippen molar-refractivity contribution in [1.82, 2.24) is 4.57 Å². The van der Waals surface area contributed by atoms with E-state index in [9.17, 15) is 22.4 Å². The van der Waals surface area contributed by atoms with Crippen LogP contribution < -0.4 is 0 Å². The number of rotatable bonds is 3. The molecule has 10 heteroatoms. The smallest absolute Gasteiger partial charge is 0.374 e. The van der Waals surface area contributed by atoms with Crippen LogP contribution in [0.1, 0.15) is 27.9 Å². The average molecular weight is 521 g/mol. The molecule has 0 N–H and O–H groups in total. The fourth-order valence-electron chi connectivity index (χ4n) is 4.07. The Balaban J connectivity index is 1.43. The van der Waals surface area contributed by atoms with E-state index in [1.807, 2.05) is 0 Å². The minimum Gasteiger partial charge on any atom is -0.374 e. The van der Waals surface area contributed by atoms with Crippen LogP contribution in [0.2, 0.25) is 10.0 Å². The van der Waals surface area contributed by atoms with Crippen molar-refractivity contribution in [2.75, 3.05) is 0 Å². The van der Waals surface area contributed by atoms with Crippen molar-refractivity contribution >= 4 is 45.7 Å². The number of fused-ring (bicyclic) bond motifs is 1. The molecule has 35 heavy (non-hydrogen) atoms. The van der Waals surface area contributed by atoms with Gasteiger partial charge in [0.2, 0.25) is 0 Å². The van der Waals surface area contributed by atoms with E-state index in [0.29, 0.717) is 16.5 Å². The summed E-state index contributed by atoms with van der Waals surface area (Å²) in [6.07, 6.45) is -3.89. The average Bonchev–Trinajstić information content (AvgIpc) is 3.43. The molecule has 0 fully saturated rings. The van der Waals surface area contributed by atoms with Crippen molar-refractivity contribution in [3.63, 3.8) is 0 Å². The third-order valence-corrected chi connectivity index (χ3v) is 6.29. The summed E-state index contributed by atoms with van der Waals surface area (Å²) in [6, 6.07) is 15.3. The highest BCUT2D eigenvalue weighted by Crippen LogP contribution is 2.49. The van der Waals surface area contributed by atoms with Crippen LogP contribution in [-0.4, -0.2) is 22.4 Å². The molecule has 1 aliphatic rings. The van der Waals surface area contributed by atoms with Gasteiger partial charge >= 0.3 is 6.18 Å². The lowest BCUT2D eigenvalue weighted by Gasteiger charge is -2.29. The molecule has 1 atom stereocenters. The summed E-state index contributed by atoms with van der Waals surface area (Å²) in [4.78, 5) is 18.0. The van der Waals surface area contributed by atoms with Crippen molar-refractivity contribution in [2.24, 2.45) is 5.16 Å². The minimum absolute atomic E-state index is 0.0356. The van der Waals surface area contributed by atoms with E-state index in [1.54, 1.807) is 12.1 Å². The first-order valence-corrected chi connectivity index (χ1v) is 11.0. The molecule has 0 bridgehead atoms. The zero-order valence-electron chi connectivity index (χ0n) is 17.6. The molecule has 4 nitrogen and oxygen atoms in total. The van der Waals surface area contributed by atoms with Gasteiger partial charge in [-0.05, 0) is 60.2 Å². The number of carbonyl (C=O) groups is 1. The first-order chi connectivity index (χ1) is 16.6. The number of aromatic nitrogens is 1. The Kier molecular flexibility index (Phi) is 5.61. The summed E-state index contributed by atoms with van der Waals surface area (Å²) >= 11 is 11.9. The molecule has 0 amide bonds. The lowest BCUT2D eigenvalue weighted by Crippen LogP contribution is -2.42. The molecular weight excluding hydrogens is 507 g/mol. The highest BCUT2D eigenvalue weighted by atomic mass is 35.5. The number of hydrogen-bond donors (Lipinski definition) is 0. The Morgan fingerprint density at radius 3 is 2.31 bits per heavy atom. The van der Waals surface area contributed by atoms with Crippen LogP contribution in [-0.2, 0) is 10.4 Å². The maximum Gasteiger partial charge on any atom is 0.435 e. The second-order valence-corrected chi connectivity index (χ2v) is 8.93. The predicted octanol–water partition coefficient (Wildman–Crippen LogP) is 7.36. The minimum atomic E-state index is -4.81. The SMILES string of the molecule is O=C(c1ccc(C2=NOC(c3cc(Cl)cc(Cl)c3)(C(F)(F)F)C2)cc1)n1ccc2ccc(F)cc21. The van der Waals surface area contributed by atoms with Gasteiger partial charge in [-0.15, -0.1) is 0 Å². The largest absolute Gasteiger partial charge is 0.435 e. The Bertz CT molecular complexity index is 1480. The summed E-state index contributed by atoms with van der Waals surface area (Å²) in [5.74, 6) is -0.894. The summed E-state index contributed by atoms with van der Waals surface area (Å²) in [5.41, 5.74) is -1.95. The zero-order chi connectivity index (χ0) is 25.0. The van der Waals surface area contributed by atoms with Crippen LogP contribution in [0.4, 0.5) is 17.6 Å².